The Labute approximate surface area is 294 Å². The second kappa shape index (κ2) is 12.7. The van der Waals surface area contributed by atoms with Crippen LogP contribution in [0.2, 0.25) is 0 Å². The van der Waals surface area contributed by atoms with Gasteiger partial charge in [0.25, 0.3) is 0 Å². The molecule has 51 heavy (non-hydrogen) atoms. The number of rotatable bonds is 9. The number of nitrogens with zero attached hydrogens (tertiary/aromatic N) is 4. The van der Waals surface area contributed by atoms with E-state index in [9.17, 15) is 0 Å². The highest BCUT2D eigenvalue weighted by Gasteiger charge is 2.26. The van der Waals surface area contributed by atoms with Gasteiger partial charge in [-0.1, -0.05) is 84.0 Å². The van der Waals surface area contributed by atoms with Crippen LogP contribution in [0.15, 0.2) is 150 Å². The Bertz CT molecular complexity index is 2600. The van der Waals surface area contributed by atoms with Gasteiger partial charge in [-0.15, -0.1) is 5.10 Å². The molecule has 0 aliphatic rings. The van der Waals surface area contributed by atoms with Crippen LogP contribution in [-0.4, -0.2) is 32.5 Å². The molecule has 0 N–H and O–H groups in total. The zero-order valence-corrected chi connectivity index (χ0v) is 28.3. The van der Waals surface area contributed by atoms with Crippen molar-refractivity contribution in [1.29, 1.82) is 0 Å². The van der Waals surface area contributed by atoms with Gasteiger partial charge < -0.3 is 13.9 Å². The molecule has 9 rings (SSSR count). The maximum Gasteiger partial charge on any atom is 0.329 e. The highest BCUT2D eigenvalue weighted by atomic mass is 16.5. The molecular weight excluding hydrogens is 633 g/mol. The molecule has 0 radical (unpaired) electrons. The topological polar surface area (TPSA) is 67.2 Å². The van der Waals surface area contributed by atoms with Crippen molar-refractivity contribution in [3.8, 4) is 56.9 Å². The van der Waals surface area contributed by atoms with Crippen LogP contribution in [0.4, 0.5) is 0 Å². The van der Waals surface area contributed by atoms with Crippen molar-refractivity contribution in [3.05, 3.63) is 146 Å². The second-order valence-corrected chi connectivity index (χ2v) is 12.3. The molecule has 0 saturated carbocycles. The Kier molecular flexibility index (Phi) is 7.58. The molecule has 3 heterocycles. The van der Waals surface area contributed by atoms with Crippen LogP contribution in [0.3, 0.4) is 0 Å². The van der Waals surface area contributed by atoms with Crippen LogP contribution >= 0.6 is 0 Å². The number of hydrogen-bond acceptors (Lipinski definition) is 5. The summed E-state index contributed by atoms with van der Waals surface area (Å²) in [5, 5.41) is 12.5. The third-order valence-electron chi connectivity index (χ3n) is 9.24. The first kappa shape index (κ1) is 30.5. The van der Waals surface area contributed by atoms with Gasteiger partial charge in [-0.05, 0) is 103 Å². The minimum absolute atomic E-state index is 0.366. The van der Waals surface area contributed by atoms with Crippen LogP contribution in [0, 0.1) is 0 Å². The largest absolute Gasteiger partial charge is 0.494 e. The minimum Gasteiger partial charge on any atom is -0.494 e. The lowest BCUT2D eigenvalue weighted by Gasteiger charge is -2.11. The van der Waals surface area contributed by atoms with Crippen LogP contribution < -0.4 is 9.47 Å². The summed E-state index contributed by atoms with van der Waals surface area (Å²) in [6.45, 7) is 5.14. The maximum atomic E-state index is 6.71. The van der Waals surface area contributed by atoms with E-state index in [1.54, 1.807) is 0 Å². The highest BCUT2D eigenvalue weighted by Crippen LogP contribution is 2.43. The van der Waals surface area contributed by atoms with Crippen LogP contribution in [0.1, 0.15) is 13.8 Å². The fourth-order valence-electron chi connectivity index (χ4n) is 7.07. The lowest BCUT2D eigenvalue weighted by atomic mass is 9.96. The van der Waals surface area contributed by atoms with Crippen molar-refractivity contribution in [3.63, 3.8) is 0 Å². The molecule has 9 aromatic rings. The van der Waals surface area contributed by atoms with Crippen molar-refractivity contribution in [2.24, 2.45) is 0 Å². The SMILES string of the molecule is CCOc1ccc2c(c1)c1c3cc(OCC)ccc3n(-c3nnc(-c4cc(-c5ccccc5)cc(-c5ccccc5)c4)o3)c1n2-c1ccccc1. The molecule has 0 unspecified atom stereocenters. The maximum absolute atomic E-state index is 6.71. The number of benzene rings is 6. The summed E-state index contributed by atoms with van der Waals surface area (Å²) < 4.78 is 23.0. The van der Waals surface area contributed by atoms with Gasteiger partial charge in [0.2, 0.25) is 5.89 Å². The summed E-state index contributed by atoms with van der Waals surface area (Å²) in [4.78, 5) is 0. The Morgan fingerprint density at radius 1 is 0.510 bits per heavy atom. The standard InChI is InChI=1S/C44H34N4O3/c1-3-49-35-20-22-39-37(27-35)41-38-28-36(50-4-2)21-23-40(38)48(43(41)47(39)34-18-12-7-13-19-34)44-46-45-42(51-44)33-25-31(29-14-8-5-9-15-29)24-32(26-33)30-16-10-6-11-17-30/h5-28H,3-4H2,1-2H3. The van der Waals surface area contributed by atoms with Gasteiger partial charge in [0.15, 0.2) is 0 Å². The molecule has 0 atom stereocenters. The average molecular weight is 667 g/mol. The van der Waals surface area contributed by atoms with Crippen LogP contribution in [-0.2, 0) is 0 Å². The van der Waals surface area contributed by atoms with E-state index in [4.69, 9.17) is 19.0 Å². The van der Waals surface area contributed by atoms with E-state index in [2.05, 4.69) is 129 Å². The fraction of sp³-hybridized carbons (Fsp3) is 0.0909. The zero-order chi connectivity index (χ0) is 34.3. The summed E-state index contributed by atoms with van der Waals surface area (Å²) >= 11 is 0. The van der Waals surface area contributed by atoms with Crippen LogP contribution in [0.25, 0.3) is 78.2 Å². The molecule has 248 valence electrons. The molecule has 3 aromatic heterocycles. The molecule has 0 saturated heterocycles. The normalized spacial score (nSPS) is 11.5. The van der Waals surface area contributed by atoms with Gasteiger partial charge in [-0.3, -0.25) is 4.57 Å². The van der Waals surface area contributed by atoms with Crippen LogP contribution in [0.5, 0.6) is 11.5 Å². The molecule has 0 aliphatic carbocycles. The third kappa shape index (κ3) is 5.31. The van der Waals surface area contributed by atoms with Crippen molar-refractivity contribution >= 4 is 32.8 Å². The Morgan fingerprint density at radius 2 is 1.02 bits per heavy atom. The van der Waals surface area contributed by atoms with Crippen molar-refractivity contribution < 1.29 is 13.9 Å². The highest BCUT2D eigenvalue weighted by molar-refractivity contribution is 6.22. The van der Waals surface area contributed by atoms with Gasteiger partial charge in [0.1, 0.15) is 17.1 Å². The Morgan fingerprint density at radius 3 is 1.57 bits per heavy atom. The predicted octanol–water partition coefficient (Wildman–Crippen LogP) is 10.9. The molecule has 7 nitrogen and oxygen atoms in total. The Balaban J connectivity index is 1.31. The van der Waals surface area contributed by atoms with Crippen molar-refractivity contribution in [1.82, 2.24) is 19.3 Å². The summed E-state index contributed by atoms with van der Waals surface area (Å²) in [5.74, 6) is 2.04. The van der Waals surface area contributed by atoms with Gasteiger partial charge in [0, 0.05) is 27.4 Å². The van der Waals surface area contributed by atoms with Gasteiger partial charge in [0.05, 0.1) is 24.2 Å². The number of aromatic nitrogens is 4. The number of para-hydroxylation sites is 1. The van der Waals surface area contributed by atoms with E-state index >= 15 is 0 Å². The van der Waals surface area contributed by atoms with Gasteiger partial charge >= 0.3 is 6.01 Å². The monoisotopic (exact) mass is 666 g/mol. The quantitative estimate of drug-likeness (QED) is 0.153. The predicted molar refractivity (Wildman–Crippen MR) is 204 cm³/mol. The van der Waals surface area contributed by atoms with E-state index < -0.39 is 0 Å². The van der Waals surface area contributed by atoms with Crippen molar-refractivity contribution in [2.75, 3.05) is 13.2 Å². The molecular formula is C44H34N4O3. The van der Waals surface area contributed by atoms with E-state index in [-0.39, 0.29) is 0 Å². The molecule has 0 spiro atoms. The number of ether oxygens (including phenoxy) is 2. The zero-order valence-electron chi connectivity index (χ0n) is 28.3. The summed E-state index contributed by atoms with van der Waals surface area (Å²) in [6.07, 6.45) is 0. The van der Waals surface area contributed by atoms with E-state index in [0.717, 1.165) is 77.8 Å². The van der Waals surface area contributed by atoms with E-state index in [1.165, 1.54) is 0 Å². The molecule has 7 heteroatoms. The molecule has 0 amide bonds. The third-order valence-corrected chi connectivity index (χ3v) is 9.24. The smallest absolute Gasteiger partial charge is 0.329 e. The lowest BCUT2D eigenvalue weighted by Crippen LogP contribution is -2.02. The van der Waals surface area contributed by atoms with E-state index in [1.807, 2.05) is 44.2 Å². The van der Waals surface area contributed by atoms with Gasteiger partial charge in [-0.25, -0.2) is 4.57 Å². The minimum atomic E-state index is 0.366. The lowest BCUT2D eigenvalue weighted by molar-refractivity contribution is 0.340. The second-order valence-electron chi connectivity index (χ2n) is 12.3. The van der Waals surface area contributed by atoms with Crippen molar-refractivity contribution in [2.45, 2.75) is 13.8 Å². The Hall–Kier alpha value is -6.60. The molecule has 0 bridgehead atoms. The summed E-state index contributed by atoms with van der Waals surface area (Å²) in [6, 6.07) is 50.3. The molecule has 6 aromatic carbocycles. The molecule has 0 aliphatic heterocycles. The first-order valence-corrected chi connectivity index (χ1v) is 17.2. The molecule has 0 fully saturated rings. The number of hydrogen-bond donors (Lipinski definition) is 0. The first-order valence-electron chi connectivity index (χ1n) is 17.2. The first-order chi connectivity index (χ1) is 25.2. The summed E-state index contributed by atoms with van der Waals surface area (Å²) in [5.41, 5.74) is 9.08. The van der Waals surface area contributed by atoms with Gasteiger partial charge in [-0.2, -0.15) is 0 Å². The fourth-order valence-corrected chi connectivity index (χ4v) is 7.07. The number of fused-ring (bicyclic) bond motifs is 5. The summed E-state index contributed by atoms with van der Waals surface area (Å²) in [7, 11) is 0. The average Bonchev–Trinajstić information content (AvgIpc) is 3.88. The van der Waals surface area contributed by atoms with E-state index in [0.29, 0.717) is 25.1 Å².